The summed E-state index contributed by atoms with van der Waals surface area (Å²) in [5.41, 5.74) is 1.93. The lowest BCUT2D eigenvalue weighted by atomic mass is 9.97. The van der Waals surface area contributed by atoms with Gasteiger partial charge in [-0.1, -0.05) is 30.0 Å². The normalized spacial score (nSPS) is 14.7. The highest BCUT2D eigenvalue weighted by molar-refractivity contribution is 8.00. The van der Waals surface area contributed by atoms with E-state index in [0.717, 1.165) is 41.6 Å². The Labute approximate surface area is 181 Å². The van der Waals surface area contributed by atoms with Crippen molar-refractivity contribution in [2.24, 2.45) is 7.05 Å². The fraction of sp³-hybridized carbons (Fsp3) is 0.333. The summed E-state index contributed by atoms with van der Waals surface area (Å²) < 4.78 is 3.51. The van der Waals surface area contributed by atoms with Gasteiger partial charge < -0.3 is 5.32 Å². The maximum absolute atomic E-state index is 13.0. The standard InChI is InChI=1S/C21H21N5O2S2/c1-12(17(27)22-13-8-4-3-5-9-13)29-21-24-23-20-25(2)18(28)16-14-10-6-7-11-15(14)30-19(16)26(20)21/h3-5,8-9,12H,6-7,10-11H2,1-2H3,(H,22,27)/t12-/m0/s1. The van der Waals surface area contributed by atoms with E-state index in [-0.39, 0.29) is 16.7 Å². The minimum Gasteiger partial charge on any atom is -0.325 e. The predicted molar refractivity (Wildman–Crippen MR) is 121 cm³/mol. The summed E-state index contributed by atoms with van der Waals surface area (Å²) in [7, 11) is 1.73. The minimum atomic E-state index is -0.375. The van der Waals surface area contributed by atoms with E-state index in [1.54, 1.807) is 23.0 Å². The van der Waals surface area contributed by atoms with Gasteiger partial charge in [0.1, 0.15) is 4.83 Å². The number of rotatable bonds is 4. The molecule has 1 amide bonds. The Morgan fingerprint density at radius 3 is 2.77 bits per heavy atom. The van der Waals surface area contributed by atoms with Crippen LogP contribution in [0.15, 0.2) is 40.3 Å². The molecule has 5 rings (SSSR count). The van der Waals surface area contributed by atoms with Crippen molar-refractivity contribution >= 4 is 50.7 Å². The van der Waals surface area contributed by atoms with E-state index in [1.165, 1.54) is 22.2 Å². The predicted octanol–water partition coefficient (Wildman–Crippen LogP) is 3.64. The van der Waals surface area contributed by atoms with Crippen molar-refractivity contribution in [3.05, 3.63) is 51.1 Å². The van der Waals surface area contributed by atoms with Crippen molar-refractivity contribution in [1.29, 1.82) is 0 Å². The number of carbonyl (C=O) groups is 1. The lowest BCUT2D eigenvalue weighted by Gasteiger charge is -2.12. The fourth-order valence-electron chi connectivity index (χ4n) is 3.90. The number of fused-ring (bicyclic) bond motifs is 5. The van der Waals surface area contributed by atoms with Crippen LogP contribution in [0.2, 0.25) is 0 Å². The first-order chi connectivity index (χ1) is 14.5. The van der Waals surface area contributed by atoms with Crippen LogP contribution in [-0.2, 0) is 24.7 Å². The zero-order chi connectivity index (χ0) is 20.8. The number of hydrogen-bond donors (Lipinski definition) is 1. The molecule has 7 nitrogen and oxygen atoms in total. The van der Waals surface area contributed by atoms with Crippen LogP contribution < -0.4 is 10.9 Å². The second kappa shape index (κ2) is 7.55. The average Bonchev–Trinajstić information content (AvgIpc) is 3.34. The number of hydrogen-bond acceptors (Lipinski definition) is 6. The highest BCUT2D eigenvalue weighted by Gasteiger charge is 2.25. The van der Waals surface area contributed by atoms with Crippen LogP contribution in [0.5, 0.6) is 0 Å². The summed E-state index contributed by atoms with van der Waals surface area (Å²) >= 11 is 3.02. The molecular weight excluding hydrogens is 418 g/mol. The maximum atomic E-state index is 13.0. The molecule has 1 atom stereocenters. The van der Waals surface area contributed by atoms with Gasteiger partial charge in [0.05, 0.1) is 10.6 Å². The van der Waals surface area contributed by atoms with E-state index in [9.17, 15) is 9.59 Å². The maximum Gasteiger partial charge on any atom is 0.263 e. The molecule has 4 aromatic rings. The zero-order valence-corrected chi connectivity index (χ0v) is 18.3. The Bertz CT molecular complexity index is 1320. The van der Waals surface area contributed by atoms with Crippen molar-refractivity contribution in [2.45, 2.75) is 43.0 Å². The van der Waals surface area contributed by atoms with E-state index in [2.05, 4.69) is 15.5 Å². The van der Waals surface area contributed by atoms with Crippen molar-refractivity contribution in [1.82, 2.24) is 19.2 Å². The second-order valence-electron chi connectivity index (χ2n) is 7.49. The molecular formula is C21H21N5O2S2. The summed E-state index contributed by atoms with van der Waals surface area (Å²) in [6.45, 7) is 1.85. The topological polar surface area (TPSA) is 81.3 Å². The van der Waals surface area contributed by atoms with Gasteiger partial charge in [-0.3, -0.25) is 14.2 Å². The number of amides is 1. The molecule has 1 aromatic carbocycles. The number of aromatic nitrogens is 4. The molecule has 1 aliphatic carbocycles. The molecule has 9 heteroatoms. The Morgan fingerprint density at radius 2 is 1.97 bits per heavy atom. The quantitative estimate of drug-likeness (QED) is 0.491. The number of nitrogens with zero attached hydrogens (tertiary/aromatic N) is 4. The number of carbonyl (C=O) groups excluding carboxylic acids is 1. The van der Waals surface area contributed by atoms with Crippen molar-refractivity contribution in [3.63, 3.8) is 0 Å². The lowest BCUT2D eigenvalue weighted by molar-refractivity contribution is -0.115. The van der Waals surface area contributed by atoms with Gasteiger partial charge in [-0.2, -0.15) is 0 Å². The van der Waals surface area contributed by atoms with Crippen LogP contribution in [0.25, 0.3) is 16.0 Å². The Hall–Kier alpha value is -2.65. The van der Waals surface area contributed by atoms with Crippen LogP contribution in [0.4, 0.5) is 5.69 Å². The molecule has 0 aliphatic heterocycles. The summed E-state index contributed by atoms with van der Waals surface area (Å²) in [4.78, 5) is 27.9. The van der Waals surface area contributed by atoms with Crippen molar-refractivity contribution in [2.75, 3.05) is 5.32 Å². The van der Waals surface area contributed by atoms with Gasteiger partial charge in [-0.15, -0.1) is 21.5 Å². The van der Waals surface area contributed by atoms with E-state index < -0.39 is 0 Å². The molecule has 0 spiro atoms. The second-order valence-corrected chi connectivity index (χ2v) is 9.88. The van der Waals surface area contributed by atoms with Crippen LogP contribution in [0.1, 0.15) is 30.2 Å². The van der Waals surface area contributed by atoms with Crippen molar-refractivity contribution < 1.29 is 4.79 Å². The molecule has 0 fully saturated rings. The van der Waals surface area contributed by atoms with E-state index in [1.807, 2.05) is 41.7 Å². The molecule has 0 bridgehead atoms. The summed E-state index contributed by atoms with van der Waals surface area (Å²) in [5, 5.41) is 12.6. The zero-order valence-electron chi connectivity index (χ0n) is 16.7. The van der Waals surface area contributed by atoms with Crippen LogP contribution in [0, 0.1) is 0 Å². The number of nitrogens with one attached hydrogen (secondary N) is 1. The van der Waals surface area contributed by atoms with Gasteiger partial charge in [0.15, 0.2) is 5.16 Å². The Kier molecular flexibility index (Phi) is 4.86. The highest BCUT2D eigenvalue weighted by Crippen LogP contribution is 2.36. The molecule has 0 saturated carbocycles. The molecule has 1 N–H and O–H groups in total. The number of para-hydroxylation sites is 1. The van der Waals surface area contributed by atoms with E-state index in [0.29, 0.717) is 10.9 Å². The van der Waals surface area contributed by atoms with Gasteiger partial charge >= 0.3 is 0 Å². The number of anilines is 1. The average molecular weight is 440 g/mol. The van der Waals surface area contributed by atoms with Gasteiger partial charge in [-0.25, -0.2) is 4.40 Å². The lowest BCUT2D eigenvalue weighted by Crippen LogP contribution is -2.23. The molecule has 0 unspecified atom stereocenters. The summed E-state index contributed by atoms with van der Waals surface area (Å²) in [5.74, 6) is 0.402. The van der Waals surface area contributed by atoms with Crippen LogP contribution in [0.3, 0.4) is 0 Å². The summed E-state index contributed by atoms with van der Waals surface area (Å²) in [6, 6.07) is 9.39. The van der Waals surface area contributed by atoms with E-state index >= 15 is 0 Å². The first-order valence-electron chi connectivity index (χ1n) is 9.95. The molecule has 0 radical (unpaired) electrons. The van der Waals surface area contributed by atoms with Crippen molar-refractivity contribution in [3.8, 4) is 0 Å². The third-order valence-corrected chi connectivity index (χ3v) is 7.80. The number of thioether (sulfide) groups is 1. The Balaban J connectivity index is 1.55. The molecule has 30 heavy (non-hydrogen) atoms. The molecule has 154 valence electrons. The number of benzene rings is 1. The molecule has 0 saturated heterocycles. The van der Waals surface area contributed by atoms with E-state index in [4.69, 9.17) is 0 Å². The number of thiophene rings is 1. The molecule has 1 aliphatic rings. The van der Waals surface area contributed by atoms with Crippen LogP contribution in [-0.4, -0.2) is 30.3 Å². The summed E-state index contributed by atoms with van der Waals surface area (Å²) in [6.07, 6.45) is 4.22. The van der Waals surface area contributed by atoms with Gasteiger partial charge in [-0.05, 0) is 50.3 Å². The minimum absolute atomic E-state index is 0.0179. The van der Waals surface area contributed by atoms with Gasteiger partial charge in [0, 0.05) is 17.6 Å². The largest absolute Gasteiger partial charge is 0.325 e. The SMILES string of the molecule is C[C@H](Sc1nnc2n(C)c(=O)c3c4c(sc3n12)CCCC4)C(=O)Nc1ccccc1. The molecule has 3 heterocycles. The third-order valence-electron chi connectivity index (χ3n) is 5.48. The fourth-order valence-corrected chi connectivity index (χ4v) is 6.18. The number of aryl methyl sites for hydroxylation is 3. The van der Waals surface area contributed by atoms with Gasteiger partial charge in [0.2, 0.25) is 11.7 Å². The molecule has 3 aromatic heterocycles. The first kappa shape index (κ1) is 19.3. The van der Waals surface area contributed by atoms with Gasteiger partial charge in [0.25, 0.3) is 5.56 Å². The smallest absolute Gasteiger partial charge is 0.263 e. The van der Waals surface area contributed by atoms with Crippen LogP contribution >= 0.6 is 23.1 Å². The first-order valence-corrected chi connectivity index (χ1v) is 11.6. The monoisotopic (exact) mass is 439 g/mol. The highest BCUT2D eigenvalue weighted by atomic mass is 32.2. The third kappa shape index (κ3) is 3.13. The Morgan fingerprint density at radius 1 is 1.20 bits per heavy atom.